The lowest BCUT2D eigenvalue weighted by atomic mass is 9.94. The second-order valence-electron chi connectivity index (χ2n) is 4.81. The van der Waals surface area contributed by atoms with Gasteiger partial charge in [0.2, 0.25) is 0 Å². The smallest absolute Gasteiger partial charge is 0.311 e. The number of hydrogen-bond donors (Lipinski definition) is 1. The number of rotatable bonds is 4. The lowest BCUT2D eigenvalue weighted by Crippen LogP contribution is -2.15. The van der Waals surface area contributed by atoms with Crippen molar-refractivity contribution in [3.63, 3.8) is 0 Å². The van der Waals surface area contributed by atoms with E-state index in [1.54, 1.807) is 24.3 Å². The molecule has 1 N–H and O–H groups in total. The topological polar surface area (TPSA) is 54.6 Å². The molecule has 1 atom stereocenters. The number of carbonyl (C=O) groups is 1. The summed E-state index contributed by atoms with van der Waals surface area (Å²) in [5, 5.41) is 9.96. The van der Waals surface area contributed by atoms with Crippen molar-refractivity contribution in [2.75, 3.05) is 0 Å². The highest BCUT2D eigenvalue weighted by atomic mass is 35.5. The molecule has 0 radical (unpaired) electrons. The van der Waals surface area contributed by atoms with Gasteiger partial charge in [0.15, 0.2) is 0 Å². The number of halogens is 1. The number of aliphatic carboxylic acids is 1. The minimum absolute atomic E-state index is 0.306. The van der Waals surface area contributed by atoms with E-state index in [0.29, 0.717) is 17.0 Å². The Hall–Kier alpha value is -2.33. The molecule has 21 heavy (non-hydrogen) atoms. The van der Waals surface area contributed by atoms with Crippen LogP contribution in [0.25, 0.3) is 5.65 Å². The molecule has 0 spiro atoms. The minimum atomic E-state index is -0.903. The van der Waals surface area contributed by atoms with Gasteiger partial charge in [-0.05, 0) is 23.8 Å². The molecule has 0 amide bonds. The predicted octanol–water partition coefficient (Wildman–Crippen LogP) is 3.40. The first kappa shape index (κ1) is 13.6. The van der Waals surface area contributed by atoms with Gasteiger partial charge in [0, 0.05) is 23.8 Å². The van der Waals surface area contributed by atoms with Gasteiger partial charge in [-0.2, -0.15) is 0 Å². The molecule has 106 valence electrons. The Balaban J connectivity index is 1.96. The van der Waals surface area contributed by atoms with Gasteiger partial charge in [0.05, 0.1) is 11.6 Å². The molecule has 2 heterocycles. The van der Waals surface area contributed by atoms with Gasteiger partial charge in [-0.1, -0.05) is 35.9 Å². The maximum atomic E-state index is 11.6. The van der Waals surface area contributed by atoms with Gasteiger partial charge < -0.3 is 9.51 Å². The van der Waals surface area contributed by atoms with Crippen molar-refractivity contribution in [3.05, 3.63) is 71.1 Å². The summed E-state index contributed by atoms with van der Waals surface area (Å²) in [6.45, 7) is 0. The Morgan fingerprint density at radius 3 is 2.71 bits per heavy atom. The fraction of sp³-hybridized carbons (Fsp3) is 0.125. The van der Waals surface area contributed by atoms with Crippen LogP contribution in [0.1, 0.15) is 17.2 Å². The van der Waals surface area contributed by atoms with Gasteiger partial charge in [0.1, 0.15) is 5.65 Å². The molecule has 3 rings (SSSR count). The highest BCUT2D eigenvalue weighted by molar-refractivity contribution is 6.31. The molecule has 4 nitrogen and oxygen atoms in total. The van der Waals surface area contributed by atoms with Crippen LogP contribution in [-0.4, -0.2) is 20.5 Å². The Bertz CT molecular complexity index is 765. The second kappa shape index (κ2) is 5.58. The van der Waals surface area contributed by atoms with Crippen LogP contribution in [0, 0.1) is 0 Å². The van der Waals surface area contributed by atoms with Crippen molar-refractivity contribution in [2.45, 2.75) is 12.3 Å². The number of nitrogens with zero attached hydrogens (tertiary/aromatic N) is 2. The van der Waals surface area contributed by atoms with E-state index >= 15 is 0 Å². The van der Waals surface area contributed by atoms with Crippen LogP contribution >= 0.6 is 11.6 Å². The molecule has 1 unspecified atom stereocenters. The molecular formula is C16H13ClN2O2. The third-order valence-corrected chi connectivity index (χ3v) is 3.75. The number of aromatic nitrogens is 2. The van der Waals surface area contributed by atoms with Crippen molar-refractivity contribution < 1.29 is 9.90 Å². The van der Waals surface area contributed by atoms with Crippen molar-refractivity contribution in [3.8, 4) is 0 Å². The minimum Gasteiger partial charge on any atom is -0.481 e. The van der Waals surface area contributed by atoms with Gasteiger partial charge in [-0.15, -0.1) is 0 Å². The number of fused-ring (bicyclic) bond motifs is 1. The zero-order valence-electron chi connectivity index (χ0n) is 11.1. The van der Waals surface area contributed by atoms with Crippen LogP contribution in [0.5, 0.6) is 0 Å². The van der Waals surface area contributed by atoms with E-state index in [1.807, 2.05) is 35.0 Å². The van der Waals surface area contributed by atoms with E-state index in [-0.39, 0.29) is 0 Å². The molecule has 0 aliphatic heterocycles. The summed E-state index contributed by atoms with van der Waals surface area (Å²) < 4.78 is 1.88. The highest BCUT2D eigenvalue weighted by Gasteiger charge is 2.23. The largest absolute Gasteiger partial charge is 0.481 e. The van der Waals surface area contributed by atoms with Crippen molar-refractivity contribution in [2.24, 2.45) is 0 Å². The molecular weight excluding hydrogens is 288 g/mol. The first-order valence-corrected chi connectivity index (χ1v) is 6.93. The molecule has 0 fully saturated rings. The third kappa shape index (κ3) is 2.76. The maximum Gasteiger partial charge on any atom is 0.311 e. The zero-order valence-corrected chi connectivity index (χ0v) is 11.9. The Morgan fingerprint density at radius 1 is 1.24 bits per heavy atom. The summed E-state index contributed by atoms with van der Waals surface area (Å²) >= 11 is 6.12. The van der Waals surface area contributed by atoms with Crippen LogP contribution in [0.4, 0.5) is 0 Å². The number of imidazole rings is 1. The van der Waals surface area contributed by atoms with E-state index in [0.717, 1.165) is 11.3 Å². The van der Waals surface area contributed by atoms with E-state index < -0.39 is 11.9 Å². The fourth-order valence-corrected chi connectivity index (χ4v) is 2.65. The summed E-state index contributed by atoms with van der Waals surface area (Å²) in [5.74, 6) is -1.61. The Kier molecular flexibility index (Phi) is 3.62. The van der Waals surface area contributed by atoms with Crippen molar-refractivity contribution in [1.82, 2.24) is 9.38 Å². The van der Waals surface area contributed by atoms with Crippen molar-refractivity contribution in [1.29, 1.82) is 0 Å². The maximum absolute atomic E-state index is 11.6. The standard InChI is InChI=1S/C16H13ClN2O2/c17-14-6-2-1-5-12(14)13(16(20)21)9-11-10-19-8-4-3-7-15(19)18-11/h1-8,10,13H,9H2,(H,20,21). The Morgan fingerprint density at radius 2 is 2.00 bits per heavy atom. The lowest BCUT2D eigenvalue weighted by Gasteiger charge is -2.12. The van der Waals surface area contributed by atoms with E-state index in [4.69, 9.17) is 11.6 Å². The summed E-state index contributed by atoms with van der Waals surface area (Å²) in [7, 11) is 0. The van der Waals surface area contributed by atoms with Crippen molar-refractivity contribution >= 4 is 23.2 Å². The van der Waals surface area contributed by atoms with Gasteiger partial charge in [-0.25, -0.2) is 4.98 Å². The summed E-state index contributed by atoms with van der Waals surface area (Å²) in [6, 6.07) is 12.7. The zero-order chi connectivity index (χ0) is 14.8. The average Bonchev–Trinajstić information content (AvgIpc) is 2.88. The monoisotopic (exact) mass is 300 g/mol. The summed E-state index contributed by atoms with van der Waals surface area (Å²) in [5.41, 5.74) is 2.15. The number of benzene rings is 1. The second-order valence-corrected chi connectivity index (χ2v) is 5.22. The van der Waals surface area contributed by atoms with Crippen LogP contribution in [0.15, 0.2) is 54.9 Å². The summed E-state index contributed by atoms with van der Waals surface area (Å²) in [4.78, 5) is 16.0. The highest BCUT2D eigenvalue weighted by Crippen LogP contribution is 2.27. The number of pyridine rings is 1. The van der Waals surface area contributed by atoms with Gasteiger partial charge >= 0.3 is 5.97 Å². The third-order valence-electron chi connectivity index (χ3n) is 3.41. The van der Waals surface area contributed by atoms with E-state index in [1.165, 1.54) is 0 Å². The molecule has 2 aromatic heterocycles. The van der Waals surface area contributed by atoms with E-state index in [9.17, 15) is 9.90 Å². The normalized spacial score (nSPS) is 12.4. The molecule has 1 aromatic carbocycles. The molecule has 0 aliphatic carbocycles. The Labute approximate surface area is 126 Å². The molecule has 0 saturated heterocycles. The molecule has 0 saturated carbocycles. The SMILES string of the molecule is O=C(O)C(Cc1cn2ccccc2n1)c1ccccc1Cl. The van der Waals surface area contributed by atoms with Gasteiger partial charge in [0.25, 0.3) is 0 Å². The van der Waals surface area contributed by atoms with Gasteiger partial charge in [-0.3, -0.25) is 4.79 Å². The number of carboxylic acid groups (broad SMARTS) is 1. The number of carboxylic acids is 1. The van der Waals surface area contributed by atoms with Crippen LogP contribution in [0.2, 0.25) is 5.02 Å². The predicted molar refractivity (Wildman–Crippen MR) is 80.7 cm³/mol. The van der Waals surface area contributed by atoms with Crippen LogP contribution < -0.4 is 0 Å². The molecule has 3 aromatic rings. The molecule has 5 heteroatoms. The first-order valence-electron chi connectivity index (χ1n) is 6.55. The van der Waals surface area contributed by atoms with E-state index in [2.05, 4.69) is 4.98 Å². The summed E-state index contributed by atoms with van der Waals surface area (Å²) in [6.07, 6.45) is 4.04. The fourth-order valence-electron chi connectivity index (χ4n) is 2.38. The van der Waals surface area contributed by atoms with Crippen LogP contribution in [-0.2, 0) is 11.2 Å². The lowest BCUT2D eigenvalue weighted by molar-refractivity contribution is -0.138. The number of hydrogen-bond acceptors (Lipinski definition) is 2. The molecule has 0 bridgehead atoms. The first-order chi connectivity index (χ1) is 10.1. The average molecular weight is 301 g/mol. The quantitative estimate of drug-likeness (QED) is 0.803. The molecule has 0 aliphatic rings. The van der Waals surface area contributed by atoms with Crippen LogP contribution in [0.3, 0.4) is 0 Å².